The molecule has 0 aliphatic heterocycles. The molecule has 0 atom stereocenters. The monoisotopic (exact) mass is 274 g/mol. The lowest BCUT2D eigenvalue weighted by atomic mass is 9.99. The number of nitrogens with zero attached hydrogens (tertiary/aromatic N) is 1. The number of carbonyl (C=O) groups is 2. The number of nitrogens with one attached hydrogen (secondary N) is 1. The van der Waals surface area contributed by atoms with Crippen molar-refractivity contribution in [1.82, 2.24) is 10.2 Å². The van der Waals surface area contributed by atoms with Gasteiger partial charge in [0.2, 0.25) is 0 Å². The van der Waals surface area contributed by atoms with Crippen LogP contribution in [0.3, 0.4) is 0 Å². The summed E-state index contributed by atoms with van der Waals surface area (Å²) in [6, 6.07) is 7.26. The van der Waals surface area contributed by atoms with Gasteiger partial charge in [-0.3, -0.25) is 9.59 Å². The maximum absolute atomic E-state index is 12.6. The summed E-state index contributed by atoms with van der Waals surface area (Å²) in [7, 11) is 3.57. The van der Waals surface area contributed by atoms with Gasteiger partial charge in [0, 0.05) is 31.9 Å². The van der Waals surface area contributed by atoms with Gasteiger partial charge in [0.05, 0.1) is 0 Å². The smallest absolute Gasteiger partial charge is 0.256 e. The Morgan fingerprint density at radius 3 is 2.30 bits per heavy atom. The maximum Gasteiger partial charge on any atom is 0.256 e. The molecule has 0 heterocycles. The molecular weight excluding hydrogens is 252 g/mol. The van der Waals surface area contributed by atoms with Crippen LogP contribution in [0, 0.1) is 6.92 Å². The lowest BCUT2D eigenvalue weighted by molar-refractivity contribution is -0.117. The van der Waals surface area contributed by atoms with Crippen molar-refractivity contribution in [2.75, 3.05) is 14.1 Å². The summed E-state index contributed by atoms with van der Waals surface area (Å²) < 4.78 is 0. The van der Waals surface area contributed by atoms with E-state index >= 15 is 0 Å². The van der Waals surface area contributed by atoms with E-state index in [0.717, 1.165) is 5.56 Å². The molecule has 0 bridgehead atoms. The lowest BCUT2D eigenvalue weighted by Gasteiger charge is -2.14. The number of Topliss-reactive ketones (excluding diaryl/α,β-unsaturated/α-hetero) is 1. The van der Waals surface area contributed by atoms with Gasteiger partial charge in [-0.1, -0.05) is 24.3 Å². The van der Waals surface area contributed by atoms with Crippen molar-refractivity contribution in [2.45, 2.75) is 26.8 Å². The quantitative estimate of drug-likeness (QED) is 0.387. The Hall–Kier alpha value is -2.10. The van der Waals surface area contributed by atoms with Gasteiger partial charge in [0.15, 0.2) is 5.78 Å². The van der Waals surface area contributed by atoms with Crippen LogP contribution in [0.2, 0.25) is 0 Å². The Kier molecular flexibility index (Phi) is 5.50. The number of benzene rings is 1. The zero-order valence-corrected chi connectivity index (χ0v) is 12.7. The van der Waals surface area contributed by atoms with E-state index in [0.29, 0.717) is 5.56 Å². The topological polar surface area (TPSA) is 49.4 Å². The summed E-state index contributed by atoms with van der Waals surface area (Å²) in [6.07, 6.45) is 1.56. The van der Waals surface area contributed by atoms with E-state index in [9.17, 15) is 9.59 Å². The number of hydrogen-bond donors (Lipinski definition) is 1. The SMILES string of the molecule is Cc1ccccc1C(=O)C(=CN(C)C)C(=O)NC(C)C. The zero-order chi connectivity index (χ0) is 15.3. The van der Waals surface area contributed by atoms with E-state index in [2.05, 4.69) is 5.32 Å². The summed E-state index contributed by atoms with van der Waals surface area (Å²) in [6.45, 7) is 5.59. The summed E-state index contributed by atoms with van der Waals surface area (Å²) in [5.74, 6) is -0.600. The van der Waals surface area contributed by atoms with Crippen molar-refractivity contribution in [2.24, 2.45) is 0 Å². The van der Waals surface area contributed by atoms with Crippen LogP contribution in [0.4, 0.5) is 0 Å². The van der Waals surface area contributed by atoms with Crippen LogP contribution in [0.1, 0.15) is 29.8 Å². The Morgan fingerprint density at radius 2 is 1.80 bits per heavy atom. The van der Waals surface area contributed by atoms with Crippen LogP contribution in [0.5, 0.6) is 0 Å². The Labute approximate surface area is 120 Å². The standard InChI is InChI=1S/C16H22N2O2/c1-11(2)17-16(20)14(10-18(4)5)15(19)13-9-7-6-8-12(13)3/h6-11H,1-5H3,(H,17,20). The second-order valence-electron chi connectivity index (χ2n) is 5.28. The summed E-state index contributed by atoms with van der Waals surface area (Å²) in [4.78, 5) is 26.5. The molecule has 1 aromatic carbocycles. The number of hydrogen-bond acceptors (Lipinski definition) is 3. The molecule has 4 nitrogen and oxygen atoms in total. The van der Waals surface area contributed by atoms with E-state index in [1.54, 1.807) is 37.3 Å². The van der Waals surface area contributed by atoms with Crippen molar-refractivity contribution in [1.29, 1.82) is 0 Å². The lowest BCUT2D eigenvalue weighted by Crippen LogP contribution is -2.34. The van der Waals surface area contributed by atoms with Crippen LogP contribution in [-0.4, -0.2) is 36.7 Å². The second-order valence-corrected chi connectivity index (χ2v) is 5.28. The van der Waals surface area contributed by atoms with E-state index in [1.165, 1.54) is 0 Å². The fourth-order valence-electron chi connectivity index (χ4n) is 1.79. The number of ketones is 1. The van der Waals surface area contributed by atoms with Crippen molar-refractivity contribution in [3.63, 3.8) is 0 Å². The minimum atomic E-state index is -0.345. The molecular formula is C16H22N2O2. The zero-order valence-electron chi connectivity index (χ0n) is 12.7. The normalized spacial score (nSPS) is 11.4. The van der Waals surface area contributed by atoms with Gasteiger partial charge in [0.1, 0.15) is 5.57 Å². The third kappa shape index (κ3) is 4.23. The summed E-state index contributed by atoms with van der Waals surface area (Å²) >= 11 is 0. The minimum absolute atomic E-state index is 0.0160. The molecule has 0 spiro atoms. The highest BCUT2D eigenvalue weighted by atomic mass is 16.2. The van der Waals surface area contributed by atoms with Crippen LogP contribution in [-0.2, 0) is 4.79 Å². The molecule has 0 saturated heterocycles. The first-order valence-electron chi connectivity index (χ1n) is 6.62. The molecule has 1 N–H and O–H groups in total. The van der Waals surface area contributed by atoms with Gasteiger partial charge in [0.25, 0.3) is 5.91 Å². The summed E-state index contributed by atoms with van der Waals surface area (Å²) in [5.41, 5.74) is 1.57. The van der Waals surface area contributed by atoms with E-state index in [4.69, 9.17) is 0 Å². The van der Waals surface area contributed by atoms with Crippen LogP contribution < -0.4 is 5.32 Å². The van der Waals surface area contributed by atoms with E-state index in [1.807, 2.05) is 32.9 Å². The van der Waals surface area contributed by atoms with Crippen LogP contribution in [0.25, 0.3) is 0 Å². The number of aryl methyl sites for hydroxylation is 1. The molecule has 4 heteroatoms. The largest absolute Gasteiger partial charge is 0.383 e. The van der Waals surface area contributed by atoms with Crippen LogP contribution >= 0.6 is 0 Å². The first-order chi connectivity index (χ1) is 9.32. The Bertz CT molecular complexity index is 531. The van der Waals surface area contributed by atoms with Crippen molar-refractivity contribution < 1.29 is 9.59 Å². The predicted molar refractivity (Wildman–Crippen MR) is 80.6 cm³/mol. The maximum atomic E-state index is 12.6. The van der Waals surface area contributed by atoms with Gasteiger partial charge >= 0.3 is 0 Å². The molecule has 1 amide bonds. The first kappa shape index (κ1) is 16.0. The Balaban J connectivity index is 3.16. The summed E-state index contributed by atoms with van der Waals surface area (Å²) in [5, 5.41) is 2.76. The van der Waals surface area contributed by atoms with E-state index < -0.39 is 0 Å². The first-order valence-corrected chi connectivity index (χ1v) is 6.62. The molecule has 0 aliphatic carbocycles. The minimum Gasteiger partial charge on any atom is -0.383 e. The van der Waals surface area contributed by atoms with Gasteiger partial charge in [-0.05, 0) is 26.3 Å². The van der Waals surface area contributed by atoms with Gasteiger partial charge in [-0.2, -0.15) is 0 Å². The molecule has 20 heavy (non-hydrogen) atoms. The number of amides is 1. The Morgan fingerprint density at radius 1 is 1.20 bits per heavy atom. The van der Waals surface area contributed by atoms with Crippen molar-refractivity contribution >= 4 is 11.7 Å². The third-order valence-electron chi connectivity index (χ3n) is 2.69. The average Bonchev–Trinajstić information content (AvgIpc) is 2.34. The number of carbonyl (C=O) groups excluding carboxylic acids is 2. The highest BCUT2D eigenvalue weighted by Crippen LogP contribution is 2.14. The third-order valence-corrected chi connectivity index (χ3v) is 2.69. The molecule has 0 radical (unpaired) electrons. The fraction of sp³-hybridized carbons (Fsp3) is 0.375. The molecule has 0 fully saturated rings. The average molecular weight is 274 g/mol. The van der Waals surface area contributed by atoms with Gasteiger partial charge in [-0.15, -0.1) is 0 Å². The predicted octanol–water partition coefficient (Wildman–Crippen LogP) is 2.15. The molecule has 0 aromatic heterocycles. The molecule has 0 saturated carbocycles. The molecule has 1 aromatic rings. The van der Waals surface area contributed by atoms with Gasteiger partial charge in [-0.25, -0.2) is 0 Å². The highest BCUT2D eigenvalue weighted by Gasteiger charge is 2.21. The molecule has 0 aliphatic rings. The fourth-order valence-corrected chi connectivity index (χ4v) is 1.79. The molecule has 1 rings (SSSR count). The van der Waals surface area contributed by atoms with Gasteiger partial charge < -0.3 is 10.2 Å². The van der Waals surface area contributed by atoms with Crippen molar-refractivity contribution in [3.05, 3.63) is 47.2 Å². The van der Waals surface area contributed by atoms with Crippen LogP contribution in [0.15, 0.2) is 36.0 Å². The second kappa shape index (κ2) is 6.89. The molecule has 0 unspecified atom stereocenters. The highest BCUT2D eigenvalue weighted by molar-refractivity contribution is 6.26. The number of rotatable bonds is 5. The molecule has 108 valence electrons. The van der Waals surface area contributed by atoms with Crippen molar-refractivity contribution in [3.8, 4) is 0 Å². The van der Waals surface area contributed by atoms with E-state index in [-0.39, 0.29) is 23.3 Å².